The third-order valence-electron chi connectivity index (χ3n) is 2.54. The van der Waals surface area contributed by atoms with Crippen LogP contribution in [0.1, 0.15) is 19.3 Å². The van der Waals surface area contributed by atoms with Crippen LogP contribution in [0.15, 0.2) is 0 Å². The van der Waals surface area contributed by atoms with Crippen LogP contribution in [-0.4, -0.2) is 37.0 Å². The first-order valence-corrected chi connectivity index (χ1v) is 4.75. The second-order valence-electron chi connectivity index (χ2n) is 3.50. The number of hydrogen-bond donors (Lipinski definition) is 1. The predicted octanol–water partition coefficient (Wildman–Crippen LogP) is 1.48. The van der Waals surface area contributed by atoms with Crippen molar-refractivity contribution in [2.24, 2.45) is 0 Å². The van der Waals surface area contributed by atoms with Gasteiger partial charge in [-0.25, -0.2) is 8.78 Å². The Morgan fingerprint density at radius 1 is 1.36 bits per heavy atom. The first-order chi connectivity index (χ1) is 6.22. The van der Waals surface area contributed by atoms with Crippen LogP contribution in [0.5, 0.6) is 0 Å². The van der Waals surface area contributed by atoms with Gasteiger partial charge in [0.15, 0.2) is 0 Å². The number of alkyl halides is 2. The van der Waals surface area contributed by atoms with Gasteiger partial charge in [0.1, 0.15) is 0 Å². The van der Waals surface area contributed by atoms with Crippen molar-refractivity contribution in [3.63, 3.8) is 0 Å². The Kier molecular flexibility index (Phi) is 8.60. The van der Waals surface area contributed by atoms with Gasteiger partial charge in [-0.3, -0.25) is 7.05 Å². The van der Waals surface area contributed by atoms with E-state index in [-0.39, 0.29) is 39.1 Å². The summed E-state index contributed by atoms with van der Waals surface area (Å²) < 4.78 is 23.8. The summed E-state index contributed by atoms with van der Waals surface area (Å²) in [4.78, 5) is 2.10. The summed E-state index contributed by atoms with van der Waals surface area (Å²) in [7, 11) is 3.62. The van der Waals surface area contributed by atoms with Gasteiger partial charge in [0.05, 0.1) is 0 Å². The molecule has 0 aliphatic carbocycles. The number of nitrogens with one attached hydrogen (secondary N) is 1. The van der Waals surface area contributed by atoms with Crippen molar-refractivity contribution in [1.82, 2.24) is 10.2 Å². The summed E-state index contributed by atoms with van der Waals surface area (Å²) in [5, 5.41) is 2.96. The van der Waals surface area contributed by atoms with Gasteiger partial charge in [0.2, 0.25) is 6.43 Å². The zero-order valence-corrected chi connectivity index (χ0v) is 11.2. The molecule has 14 heavy (non-hydrogen) atoms. The van der Waals surface area contributed by atoms with E-state index >= 15 is 0 Å². The van der Waals surface area contributed by atoms with Crippen LogP contribution in [0.4, 0.5) is 8.78 Å². The fourth-order valence-electron chi connectivity index (χ4n) is 1.64. The molecule has 1 saturated heterocycles. The van der Waals surface area contributed by atoms with Crippen LogP contribution < -0.4 is 5.32 Å². The van der Waals surface area contributed by atoms with Crippen molar-refractivity contribution < 1.29 is 41.5 Å². The number of nitrogens with zero attached hydrogens (tertiary/aromatic N) is 1. The molecule has 1 N–H and O–H groups in total. The van der Waals surface area contributed by atoms with Gasteiger partial charge >= 0.3 is 0 Å². The van der Waals surface area contributed by atoms with E-state index in [9.17, 15) is 8.78 Å². The smallest absolute Gasteiger partial charge is 0.239 e. The minimum absolute atomic E-state index is 0. The molecule has 81 valence electrons. The summed E-state index contributed by atoms with van der Waals surface area (Å²) >= 11 is 0. The van der Waals surface area contributed by atoms with Crippen LogP contribution in [0.25, 0.3) is 0 Å². The molecule has 2 nitrogen and oxygen atoms in total. The van der Waals surface area contributed by atoms with Crippen LogP contribution in [-0.2, 0) is 32.7 Å². The number of rotatable bonds is 4. The molecule has 1 fully saturated rings. The van der Waals surface area contributed by atoms with Crippen molar-refractivity contribution in [3.05, 3.63) is 7.05 Å². The van der Waals surface area contributed by atoms with E-state index in [1.807, 2.05) is 0 Å². The summed E-state index contributed by atoms with van der Waals surface area (Å²) in [6.07, 6.45) is -0.120. The van der Waals surface area contributed by atoms with E-state index in [4.69, 9.17) is 0 Å². The largest absolute Gasteiger partial charge is 0.470 e. The Balaban J connectivity index is 0.00000169. The molecule has 0 unspecified atom stereocenters. The monoisotopic (exact) mass is 280 g/mol. The molecular weight excluding hydrogens is 263 g/mol. The Morgan fingerprint density at radius 3 is 2.36 bits per heavy atom. The molecule has 0 saturated carbocycles. The van der Waals surface area contributed by atoms with Gasteiger partial charge in [-0.1, -0.05) is 0 Å². The Bertz CT molecular complexity index is 139. The maximum Gasteiger partial charge on any atom is 0.239 e. The van der Waals surface area contributed by atoms with E-state index < -0.39 is 6.43 Å². The third kappa shape index (κ3) is 5.69. The van der Waals surface area contributed by atoms with Crippen molar-refractivity contribution in [2.45, 2.75) is 31.7 Å². The average Bonchev–Trinajstić information content (AvgIpc) is 2.15. The molecule has 0 amide bonds. The third-order valence-corrected chi connectivity index (χ3v) is 2.54. The van der Waals surface area contributed by atoms with Crippen molar-refractivity contribution in [3.8, 4) is 0 Å². The van der Waals surface area contributed by atoms with E-state index in [0.717, 1.165) is 25.9 Å². The predicted molar refractivity (Wildman–Crippen MR) is 48.6 cm³/mol. The van der Waals surface area contributed by atoms with Gasteiger partial charge in [-0.05, 0) is 32.0 Å². The van der Waals surface area contributed by atoms with Crippen LogP contribution in [0.2, 0.25) is 0 Å². The van der Waals surface area contributed by atoms with E-state index in [1.165, 1.54) is 0 Å². The van der Waals surface area contributed by atoms with Gasteiger partial charge in [0.25, 0.3) is 0 Å². The number of halogens is 2. The van der Waals surface area contributed by atoms with Crippen LogP contribution in [0.3, 0.4) is 0 Å². The molecular formula is C9H17F2N2Y-. The van der Waals surface area contributed by atoms with Gasteiger partial charge in [-0.15, -0.1) is 0 Å². The van der Waals surface area contributed by atoms with Crippen LogP contribution >= 0.6 is 0 Å². The number of likely N-dealkylation sites (tertiary alicyclic amines) is 1. The normalized spacial score (nSPS) is 19.7. The number of piperidine rings is 1. The Hall–Kier alpha value is 0.884. The summed E-state index contributed by atoms with van der Waals surface area (Å²) in [6.45, 7) is 2.36. The first kappa shape index (κ1) is 14.9. The van der Waals surface area contributed by atoms with Crippen LogP contribution in [0, 0.1) is 7.05 Å². The SMILES string of the molecule is [CH2-]NC1CCN(CCC(F)F)CC1.[Y]. The second kappa shape index (κ2) is 8.08. The molecule has 0 aromatic carbocycles. The minimum atomic E-state index is -2.16. The molecule has 1 aliphatic heterocycles. The Morgan fingerprint density at radius 2 is 1.93 bits per heavy atom. The standard InChI is InChI=1S/C9H17F2N2.Y/c1-12-8-2-5-13(6-3-8)7-4-9(10)11;/h8-9,12H,1-7H2;/q-1;. The fraction of sp³-hybridized carbons (Fsp3) is 0.889. The fourth-order valence-corrected chi connectivity index (χ4v) is 1.64. The zero-order chi connectivity index (χ0) is 9.68. The molecule has 1 heterocycles. The summed E-state index contributed by atoms with van der Waals surface area (Å²) in [6, 6.07) is 0.475. The quantitative estimate of drug-likeness (QED) is 0.785. The zero-order valence-electron chi connectivity index (χ0n) is 8.38. The molecule has 1 aliphatic rings. The maximum atomic E-state index is 11.9. The molecule has 0 bridgehead atoms. The Labute approximate surface area is 110 Å². The molecule has 0 aromatic rings. The summed E-state index contributed by atoms with van der Waals surface area (Å²) in [5.74, 6) is 0. The van der Waals surface area contributed by atoms with Crippen molar-refractivity contribution in [2.75, 3.05) is 19.6 Å². The summed E-state index contributed by atoms with van der Waals surface area (Å²) in [5.41, 5.74) is 0. The van der Waals surface area contributed by atoms with Gasteiger partial charge in [-0.2, -0.15) is 0 Å². The molecule has 5 heteroatoms. The maximum absolute atomic E-state index is 11.9. The molecule has 1 rings (SSSR count). The minimum Gasteiger partial charge on any atom is -0.470 e. The van der Waals surface area contributed by atoms with E-state index in [0.29, 0.717) is 12.6 Å². The topological polar surface area (TPSA) is 15.3 Å². The molecule has 0 spiro atoms. The molecule has 0 atom stereocenters. The molecule has 1 radical (unpaired) electrons. The molecule has 0 aromatic heterocycles. The van der Waals surface area contributed by atoms with Gasteiger partial charge in [0, 0.05) is 45.7 Å². The van der Waals surface area contributed by atoms with E-state index in [2.05, 4.69) is 17.3 Å². The number of hydrogen-bond acceptors (Lipinski definition) is 2. The van der Waals surface area contributed by atoms with E-state index in [1.54, 1.807) is 0 Å². The second-order valence-corrected chi connectivity index (χ2v) is 3.50. The van der Waals surface area contributed by atoms with Gasteiger partial charge < -0.3 is 10.2 Å². The van der Waals surface area contributed by atoms with Crippen molar-refractivity contribution in [1.29, 1.82) is 0 Å². The average molecular weight is 280 g/mol. The first-order valence-electron chi connectivity index (χ1n) is 4.75. The van der Waals surface area contributed by atoms with Crippen molar-refractivity contribution >= 4 is 0 Å².